The first-order chi connectivity index (χ1) is 10.9. The highest BCUT2D eigenvalue weighted by atomic mass is 16.6. The Morgan fingerprint density at radius 3 is 2.43 bits per heavy atom. The van der Waals surface area contributed by atoms with E-state index in [0.29, 0.717) is 6.04 Å². The highest BCUT2D eigenvalue weighted by Gasteiger charge is 2.32. The zero-order chi connectivity index (χ0) is 16.9. The van der Waals surface area contributed by atoms with Crippen LogP contribution < -0.4 is 10.6 Å². The Bertz CT molecular complexity index is 492. The van der Waals surface area contributed by atoms with Crippen molar-refractivity contribution in [2.45, 2.75) is 64.6 Å². The van der Waals surface area contributed by atoms with Gasteiger partial charge in [0.1, 0.15) is 5.60 Å². The number of hydrogen-bond acceptors (Lipinski definition) is 3. The third-order valence-electron chi connectivity index (χ3n) is 4.05. The molecule has 1 fully saturated rings. The molecular weight excluding hydrogens is 288 g/mol. The summed E-state index contributed by atoms with van der Waals surface area (Å²) in [6.45, 7) is 8.48. The van der Waals surface area contributed by atoms with Gasteiger partial charge in [-0.05, 0) is 51.5 Å². The molecule has 0 aromatic heterocycles. The summed E-state index contributed by atoms with van der Waals surface area (Å²) in [6, 6.07) is 11.0. The van der Waals surface area contributed by atoms with Crippen LogP contribution in [0.25, 0.3) is 0 Å². The van der Waals surface area contributed by atoms with E-state index in [-0.39, 0.29) is 12.1 Å². The average molecular weight is 318 g/mol. The summed E-state index contributed by atoms with van der Waals surface area (Å²) in [5.74, 6) is 0.719. The number of carbonyl (C=O) groups is 1. The lowest BCUT2D eigenvalue weighted by atomic mass is 10.0. The van der Waals surface area contributed by atoms with Crippen LogP contribution in [-0.2, 0) is 4.74 Å². The minimum absolute atomic E-state index is 0.0785. The lowest BCUT2D eigenvalue weighted by molar-refractivity contribution is 0.0501. The van der Waals surface area contributed by atoms with Crippen molar-refractivity contribution >= 4 is 6.09 Å². The van der Waals surface area contributed by atoms with Crippen LogP contribution in [0, 0.1) is 5.92 Å². The van der Waals surface area contributed by atoms with Gasteiger partial charge in [-0.15, -0.1) is 0 Å². The SMILES string of the molecule is CCC(CNC(c1ccccc1)C1CC1)NC(=O)OC(C)(C)C. The van der Waals surface area contributed by atoms with Crippen LogP contribution >= 0.6 is 0 Å². The molecule has 128 valence electrons. The molecule has 0 heterocycles. The van der Waals surface area contributed by atoms with Gasteiger partial charge in [-0.2, -0.15) is 0 Å². The molecule has 2 rings (SSSR count). The summed E-state index contributed by atoms with van der Waals surface area (Å²) in [7, 11) is 0. The van der Waals surface area contributed by atoms with Crippen molar-refractivity contribution in [3.05, 3.63) is 35.9 Å². The topological polar surface area (TPSA) is 50.4 Å². The van der Waals surface area contributed by atoms with Crippen molar-refractivity contribution in [2.75, 3.05) is 6.54 Å². The first-order valence-corrected chi connectivity index (χ1v) is 8.67. The standard InChI is InChI=1S/C19H30N2O2/c1-5-16(21-18(22)23-19(2,3)4)13-20-17(15-11-12-15)14-9-7-6-8-10-14/h6-10,15-17,20H,5,11-13H2,1-4H3,(H,21,22). The zero-order valence-corrected chi connectivity index (χ0v) is 14.8. The third kappa shape index (κ3) is 6.22. The Morgan fingerprint density at radius 1 is 1.26 bits per heavy atom. The van der Waals surface area contributed by atoms with Gasteiger partial charge in [-0.3, -0.25) is 0 Å². The second kappa shape index (κ2) is 7.82. The smallest absolute Gasteiger partial charge is 0.407 e. The fraction of sp³-hybridized carbons (Fsp3) is 0.632. The van der Waals surface area contributed by atoms with E-state index in [4.69, 9.17) is 4.74 Å². The highest BCUT2D eigenvalue weighted by Crippen LogP contribution is 2.40. The van der Waals surface area contributed by atoms with Gasteiger partial charge in [0.05, 0.1) is 0 Å². The lowest BCUT2D eigenvalue weighted by Gasteiger charge is -2.25. The molecule has 0 saturated heterocycles. The number of benzene rings is 1. The van der Waals surface area contributed by atoms with Gasteiger partial charge in [0.25, 0.3) is 0 Å². The Morgan fingerprint density at radius 2 is 1.91 bits per heavy atom. The number of rotatable bonds is 7. The van der Waals surface area contributed by atoms with E-state index in [9.17, 15) is 4.79 Å². The van der Waals surface area contributed by atoms with Crippen LogP contribution in [0.5, 0.6) is 0 Å². The van der Waals surface area contributed by atoms with Crippen LogP contribution in [0.4, 0.5) is 4.79 Å². The average Bonchev–Trinajstić information content (AvgIpc) is 3.30. The molecule has 4 nitrogen and oxygen atoms in total. The Balaban J connectivity index is 1.87. The molecule has 0 bridgehead atoms. The van der Waals surface area contributed by atoms with Crippen LogP contribution in [0.3, 0.4) is 0 Å². The minimum atomic E-state index is -0.462. The first kappa shape index (κ1) is 17.8. The van der Waals surface area contributed by atoms with Crippen LogP contribution in [0.1, 0.15) is 58.6 Å². The van der Waals surface area contributed by atoms with E-state index in [1.807, 2.05) is 26.8 Å². The maximum absolute atomic E-state index is 11.9. The Labute approximate surface area is 140 Å². The summed E-state index contributed by atoms with van der Waals surface area (Å²) in [4.78, 5) is 11.9. The number of nitrogens with one attached hydrogen (secondary N) is 2. The predicted octanol–water partition coefficient (Wildman–Crippen LogP) is 4.03. The first-order valence-electron chi connectivity index (χ1n) is 8.67. The number of hydrogen-bond donors (Lipinski definition) is 2. The molecule has 0 aliphatic heterocycles. The fourth-order valence-corrected chi connectivity index (χ4v) is 2.69. The summed E-state index contributed by atoms with van der Waals surface area (Å²) < 4.78 is 5.34. The Hall–Kier alpha value is -1.55. The molecule has 2 atom stereocenters. The van der Waals surface area contributed by atoms with Crippen molar-refractivity contribution in [3.8, 4) is 0 Å². The molecule has 1 saturated carbocycles. The number of carbonyl (C=O) groups excluding carboxylic acids is 1. The third-order valence-corrected chi connectivity index (χ3v) is 4.05. The van der Waals surface area contributed by atoms with E-state index in [2.05, 4.69) is 41.8 Å². The molecule has 1 aliphatic carbocycles. The van der Waals surface area contributed by atoms with Crippen molar-refractivity contribution in [1.29, 1.82) is 0 Å². The quantitative estimate of drug-likeness (QED) is 0.798. The highest BCUT2D eigenvalue weighted by molar-refractivity contribution is 5.68. The molecule has 2 N–H and O–H groups in total. The molecule has 0 spiro atoms. The second-order valence-electron chi connectivity index (χ2n) is 7.39. The summed E-state index contributed by atoms with van der Waals surface area (Å²) in [5.41, 5.74) is 0.873. The van der Waals surface area contributed by atoms with E-state index < -0.39 is 5.60 Å². The summed E-state index contributed by atoms with van der Waals surface area (Å²) in [5, 5.41) is 6.61. The molecular formula is C19H30N2O2. The van der Waals surface area contributed by atoms with Crippen molar-refractivity contribution in [1.82, 2.24) is 10.6 Å². The maximum atomic E-state index is 11.9. The van der Waals surface area contributed by atoms with Gasteiger partial charge < -0.3 is 15.4 Å². The van der Waals surface area contributed by atoms with E-state index in [1.165, 1.54) is 18.4 Å². The van der Waals surface area contributed by atoms with Gasteiger partial charge in [-0.1, -0.05) is 37.3 Å². The van der Waals surface area contributed by atoms with Crippen molar-refractivity contribution in [2.24, 2.45) is 5.92 Å². The monoisotopic (exact) mass is 318 g/mol. The number of amides is 1. The lowest BCUT2D eigenvalue weighted by Crippen LogP contribution is -2.44. The molecule has 1 aromatic rings. The zero-order valence-electron chi connectivity index (χ0n) is 14.8. The van der Waals surface area contributed by atoms with Crippen molar-refractivity contribution < 1.29 is 9.53 Å². The molecule has 2 unspecified atom stereocenters. The summed E-state index contributed by atoms with van der Waals surface area (Å²) in [6.07, 6.45) is 3.10. The molecule has 4 heteroatoms. The van der Waals surface area contributed by atoms with E-state index in [1.54, 1.807) is 0 Å². The maximum Gasteiger partial charge on any atom is 0.407 e. The van der Waals surface area contributed by atoms with Crippen LogP contribution in [0.15, 0.2) is 30.3 Å². The van der Waals surface area contributed by atoms with Crippen LogP contribution in [0.2, 0.25) is 0 Å². The summed E-state index contributed by atoms with van der Waals surface area (Å²) >= 11 is 0. The fourth-order valence-electron chi connectivity index (χ4n) is 2.69. The molecule has 1 aliphatic rings. The number of ether oxygens (including phenoxy) is 1. The minimum Gasteiger partial charge on any atom is -0.444 e. The molecule has 0 radical (unpaired) electrons. The van der Waals surface area contributed by atoms with E-state index >= 15 is 0 Å². The predicted molar refractivity (Wildman–Crippen MR) is 93.4 cm³/mol. The molecule has 1 amide bonds. The van der Waals surface area contributed by atoms with Gasteiger partial charge in [0.2, 0.25) is 0 Å². The molecule has 1 aromatic carbocycles. The second-order valence-corrected chi connectivity index (χ2v) is 7.39. The normalized spacial score (nSPS) is 17.4. The van der Waals surface area contributed by atoms with Gasteiger partial charge >= 0.3 is 6.09 Å². The largest absolute Gasteiger partial charge is 0.444 e. The number of alkyl carbamates (subject to hydrolysis) is 1. The van der Waals surface area contributed by atoms with Gasteiger partial charge in [-0.25, -0.2) is 4.79 Å². The van der Waals surface area contributed by atoms with Crippen molar-refractivity contribution in [3.63, 3.8) is 0 Å². The van der Waals surface area contributed by atoms with E-state index in [0.717, 1.165) is 18.9 Å². The van der Waals surface area contributed by atoms with Gasteiger partial charge in [0, 0.05) is 18.6 Å². The Kier molecular flexibility index (Phi) is 6.05. The molecule has 23 heavy (non-hydrogen) atoms. The van der Waals surface area contributed by atoms with Gasteiger partial charge in [0.15, 0.2) is 0 Å². The van der Waals surface area contributed by atoms with Crippen LogP contribution in [-0.4, -0.2) is 24.3 Å².